The van der Waals surface area contributed by atoms with Crippen LogP contribution in [0.15, 0.2) is 71.6 Å². The number of anilines is 1. The molecular weight excluding hydrogens is 396 g/mol. The van der Waals surface area contributed by atoms with Gasteiger partial charge < -0.3 is 5.32 Å². The van der Waals surface area contributed by atoms with Gasteiger partial charge >= 0.3 is 0 Å². The van der Waals surface area contributed by atoms with Crippen LogP contribution in [0.25, 0.3) is 0 Å². The lowest BCUT2D eigenvalue weighted by Gasteiger charge is -2.17. The van der Waals surface area contributed by atoms with Crippen molar-refractivity contribution in [1.82, 2.24) is 5.32 Å². The summed E-state index contributed by atoms with van der Waals surface area (Å²) in [5, 5.41) is 2.95. The Labute approximate surface area is 178 Å². The normalized spacial score (nSPS) is 12.3. The maximum Gasteiger partial charge on any atom is 0.261 e. The van der Waals surface area contributed by atoms with Crippen LogP contribution in [0.5, 0.6) is 0 Å². The van der Waals surface area contributed by atoms with Crippen molar-refractivity contribution in [2.75, 3.05) is 4.72 Å². The van der Waals surface area contributed by atoms with Gasteiger partial charge in [-0.2, -0.15) is 0 Å². The molecule has 0 fully saturated rings. The molecule has 0 heterocycles. The van der Waals surface area contributed by atoms with Gasteiger partial charge in [0.1, 0.15) is 0 Å². The maximum atomic E-state index is 12.8. The van der Waals surface area contributed by atoms with E-state index in [1.165, 1.54) is 12.1 Å². The number of benzene rings is 3. The lowest BCUT2D eigenvalue weighted by Crippen LogP contribution is -2.27. The Hall–Kier alpha value is -3.12. The molecule has 1 amide bonds. The number of hydrogen-bond donors (Lipinski definition) is 2. The minimum absolute atomic E-state index is 0.0378. The predicted molar refractivity (Wildman–Crippen MR) is 120 cm³/mol. The Kier molecular flexibility index (Phi) is 6.27. The summed E-state index contributed by atoms with van der Waals surface area (Å²) < 4.78 is 28.1. The van der Waals surface area contributed by atoms with Crippen molar-refractivity contribution < 1.29 is 13.2 Å². The van der Waals surface area contributed by atoms with Crippen LogP contribution in [0.4, 0.5) is 5.69 Å². The van der Waals surface area contributed by atoms with E-state index in [2.05, 4.69) is 16.1 Å². The summed E-state index contributed by atoms with van der Waals surface area (Å²) in [7, 11) is -3.81. The van der Waals surface area contributed by atoms with Crippen LogP contribution in [-0.4, -0.2) is 14.3 Å². The summed E-state index contributed by atoms with van der Waals surface area (Å²) >= 11 is 0. The van der Waals surface area contributed by atoms with Gasteiger partial charge in [0.05, 0.1) is 10.9 Å². The van der Waals surface area contributed by atoms with Crippen molar-refractivity contribution in [2.45, 2.75) is 38.6 Å². The first-order valence-electron chi connectivity index (χ1n) is 9.73. The molecule has 3 aromatic rings. The summed E-state index contributed by atoms with van der Waals surface area (Å²) in [6, 6.07) is 19.0. The van der Waals surface area contributed by atoms with Crippen molar-refractivity contribution >= 4 is 21.6 Å². The van der Waals surface area contributed by atoms with E-state index >= 15 is 0 Å². The zero-order chi connectivity index (χ0) is 21.9. The van der Waals surface area contributed by atoms with Crippen LogP contribution >= 0.6 is 0 Å². The number of sulfonamides is 1. The van der Waals surface area contributed by atoms with Gasteiger partial charge in [-0.15, -0.1) is 0 Å². The Morgan fingerprint density at radius 3 is 2.27 bits per heavy atom. The van der Waals surface area contributed by atoms with Crippen molar-refractivity contribution in [3.63, 3.8) is 0 Å². The number of amides is 1. The van der Waals surface area contributed by atoms with Gasteiger partial charge in [0.25, 0.3) is 15.9 Å². The van der Waals surface area contributed by atoms with Gasteiger partial charge in [-0.1, -0.05) is 42.0 Å². The fraction of sp³-hybridized carbons (Fsp3) is 0.208. The molecule has 0 spiro atoms. The molecule has 6 heteroatoms. The van der Waals surface area contributed by atoms with Gasteiger partial charge in [0.2, 0.25) is 0 Å². The molecule has 156 valence electrons. The summed E-state index contributed by atoms with van der Waals surface area (Å²) in [5.74, 6) is -0.324. The minimum Gasteiger partial charge on any atom is -0.346 e. The largest absolute Gasteiger partial charge is 0.346 e. The molecule has 0 aromatic heterocycles. The summed E-state index contributed by atoms with van der Waals surface area (Å²) in [4.78, 5) is 12.8. The first kappa shape index (κ1) is 21.6. The van der Waals surface area contributed by atoms with Crippen molar-refractivity contribution in [3.05, 3.63) is 94.5 Å². The maximum absolute atomic E-state index is 12.8. The number of aryl methyl sites for hydroxylation is 3. The van der Waals surface area contributed by atoms with Gasteiger partial charge in [-0.25, -0.2) is 8.42 Å². The number of carbonyl (C=O) groups is 1. The van der Waals surface area contributed by atoms with E-state index in [9.17, 15) is 13.2 Å². The average Bonchev–Trinajstić information content (AvgIpc) is 2.67. The molecule has 0 aliphatic rings. The van der Waals surface area contributed by atoms with Crippen molar-refractivity contribution in [1.29, 1.82) is 0 Å². The molecule has 0 aliphatic carbocycles. The molecule has 1 unspecified atom stereocenters. The minimum atomic E-state index is -3.81. The number of rotatable bonds is 6. The molecular formula is C24H26N2O3S. The van der Waals surface area contributed by atoms with Gasteiger partial charge in [0, 0.05) is 11.3 Å². The van der Waals surface area contributed by atoms with Crippen LogP contribution in [0, 0.1) is 20.8 Å². The predicted octanol–water partition coefficient (Wildman–Crippen LogP) is 4.90. The monoisotopic (exact) mass is 422 g/mol. The molecule has 1 atom stereocenters. The Balaban J connectivity index is 1.79. The van der Waals surface area contributed by atoms with E-state index in [0.29, 0.717) is 11.3 Å². The zero-order valence-corrected chi connectivity index (χ0v) is 18.4. The van der Waals surface area contributed by atoms with Gasteiger partial charge in [-0.05, 0) is 74.7 Å². The van der Waals surface area contributed by atoms with Crippen LogP contribution in [-0.2, 0) is 10.0 Å². The molecule has 3 rings (SSSR count). The SMILES string of the molecule is Cc1cccc(NS(=O)(=O)c2cccc(C(=O)NC(C)c3ccc(C)cc3C)c2)c1. The highest BCUT2D eigenvalue weighted by Crippen LogP contribution is 2.21. The lowest BCUT2D eigenvalue weighted by molar-refractivity contribution is 0.0939. The number of nitrogens with one attached hydrogen (secondary N) is 2. The standard InChI is InChI=1S/C24H26N2O3S/c1-16-7-5-9-21(14-16)26-30(28,29)22-10-6-8-20(15-22)24(27)25-19(4)23-12-11-17(2)13-18(23)3/h5-15,19,26H,1-4H3,(H,25,27). The van der Waals surface area contributed by atoms with E-state index in [1.807, 2.05) is 45.9 Å². The second-order valence-electron chi connectivity index (χ2n) is 7.56. The van der Waals surface area contributed by atoms with E-state index in [-0.39, 0.29) is 16.8 Å². The third-order valence-electron chi connectivity index (χ3n) is 4.92. The first-order chi connectivity index (χ1) is 14.2. The molecule has 0 saturated heterocycles. The molecule has 5 nitrogen and oxygen atoms in total. The zero-order valence-electron chi connectivity index (χ0n) is 17.6. The van der Waals surface area contributed by atoms with Gasteiger partial charge in [0.15, 0.2) is 0 Å². The fourth-order valence-corrected chi connectivity index (χ4v) is 4.49. The summed E-state index contributed by atoms with van der Waals surface area (Å²) in [6.07, 6.45) is 0. The number of carbonyl (C=O) groups excluding carboxylic acids is 1. The van der Waals surface area contributed by atoms with Crippen LogP contribution in [0.1, 0.15) is 45.6 Å². The fourth-order valence-electron chi connectivity index (χ4n) is 3.40. The summed E-state index contributed by atoms with van der Waals surface area (Å²) in [6.45, 7) is 7.83. The third kappa shape index (κ3) is 5.07. The Morgan fingerprint density at radius 2 is 1.57 bits per heavy atom. The smallest absolute Gasteiger partial charge is 0.261 e. The lowest BCUT2D eigenvalue weighted by atomic mass is 10.00. The summed E-state index contributed by atoms with van der Waals surface area (Å²) in [5.41, 5.74) is 5.00. The Bertz CT molecular complexity index is 1190. The van der Waals surface area contributed by atoms with E-state index in [4.69, 9.17) is 0 Å². The molecule has 0 saturated carbocycles. The molecule has 2 N–H and O–H groups in total. The van der Waals surface area contributed by atoms with Crippen molar-refractivity contribution in [3.8, 4) is 0 Å². The molecule has 0 bridgehead atoms. The second kappa shape index (κ2) is 8.71. The molecule has 0 radical (unpaired) electrons. The van der Waals surface area contributed by atoms with E-state index in [1.54, 1.807) is 30.3 Å². The highest BCUT2D eigenvalue weighted by molar-refractivity contribution is 7.92. The number of hydrogen-bond acceptors (Lipinski definition) is 3. The molecule has 30 heavy (non-hydrogen) atoms. The van der Waals surface area contributed by atoms with Crippen LogP contribution < -0.4 is 10.0 Å². The van der Waals surface area contributed by atoms with E-state index < -0.39 is 10.0 Å². The highest BCUT2D eigenvalue weighted by atomic mass is 32.2. The van der Waals surface area contributed by atoms with Crippen LogP contribution in [0.2, 0.25) is 0 Å². The molecule has 3 aromatic carbocycles. The molecule has 0 aliphatic heterocycles. The van der Waals surface area contributed by atoms with Crippen molar-refractivity contribution in [2.24, 2.45) is 0 Å². The quantitative estimate of drug-likeness (QED) is 0.593. The second-order valence-corrected chi connectivity index (χ2v) is 9.24. The highest BCUT2D eigenvalue weighted by Gasteiger charge is 2.18. The topological polar surface area (TPSA) is 75.3 Å². The first-order valence-corrected chi connectivity index (χ1v) is 11.2. The van der Waals surface area contributed by atoms with Crippen LogP contribution in [0.3, 0.4) is 0 Å². The Morgan fingerprint density at radius 1 is 0.867 bits per heavy atom. The van der Waals surface area contributed by atoms with Gasteiger partial charge in [-0.3, -0.25) is 9.52 Å². The van der Waals surface area contributed by atoms with E-state index in [0.717, 1.165) is 22.3 Å². The third-order valence-corrected chi connectivity index (χ3v) is 6.30. The average molecular weight is 423 g/mol.